The van der Waals surface area contributed by atoms with Crippen molar-refractivity contribution in [2.75, 3.05) is 22.7 Å². The van der Waals surface area contributed by atoms with Crippen molar-refractivity contribution in [1.82, 2.24) is 9.55 Å². The van der Waals surface area contributed by atoms with Crippen LogP contribution in [-0.2, 0) is 23.5 Å². The largest absolute Gasteiger partial charge is 0.516 e. The Kier molecular flexibility index (Phi) is 7.36. The van der Waals surface area contributed by atoms with Gasteiger partial charge in [0.05, 0.1) is 5.69 Å². The Morgan fingerprint density at radius 1 is 1.20 bits per heavy atom. The number of anilines is 2. The summed E-state index contributed by atoms with van der Waals surface area (Å²) in [6.45, 7) is 5.34. The van der Waals surface area contributed by atoms with E-state index < -0.39 is 21.2 Å². The number of fused-ring (bicyclic) bond motifs is 1. The number of alkyl halides is 3. The lowest BCUT2D eigenvalue weighted by Crippen LogP contribution is -2.31. The Morgan fingerprint density at radius 2 is 1.91 bits per heavy atom. The number of nitrogens with one attached hydrogen (secondary N) is 1. The second-order valence-electron chi connectivity index (χ2n) is 8.44. The zero-order chi connectivity index (χ0) is 26.0. The molecule has 1 aromatic carbocycles. The molecule has 0 saturated carbocycles. The van der Waals surface area contributed by atoms with Gasteiger partial charge in [0.15, 0.2) is 11.4 Å². The van der Waals surface area contributed by atoms with Gasteiger partial charge in [-0.05, 0) is 42.9 Å². The first-order valence-corrected chi connectivity index (χ1v) is 12.2. The highest BCUT2D eigenvalue weighted by molar-refractivity contribution is 7.93. The smallest absolute Gasteiger partial charge is 0.371 e. The quantitative estimate of drug-likeness (QED) is 0.564. The van der Waals surface area contributed by atoms with Crippen molar-refractivity contribution in [3.8, 4) is 12.1 Å². The summed E-state index contributed by atoms with van der Waals surface area (Å²) in [7, 11) is -4.30. The van der Waals surface area contributed by atoms with E-state index in [0.29, 0.717) is 25.2 Å². The van der Waals surface area contributed by atoms with E-state index in [4.69, 9.17) is 5.26 Å². The van der Waals surface area contributed by atoms with E-state index in [-0.39, 0.29) is 28.9 Å². The van der Waals surface area contributed by atoms with E-state index >= 15 is 0 Å². The van der Waals surface area contributed by atoms with Gasteiger partial charge in [0.2, 0.25) is 0 Å². The molecule has 3 rings (SSSR count). The van der Waals surface area contributed by atoms with Crippen LogP contribution < -0.4 is 9.62 Å². The van der Waals surface area contributed by atoms with E-state index in [1.807, 2.05) is 24.8 Å². The number of sulfonamides is 1. The molecular formula is C21H23F3N8O2S. The molecule has 0 amide bonds. The number of benzene rings is 1. The molecule has 2 aromatic rings. The summed E-state index contributed by atoms with van der Waals surface area (Å²) in [5.74, 6) is 0.127. The molecule has 1 aliphatic heterocycles. The summed E-state index contributed by atoms with van der Waals surface area (Å²) >= 11 is 0. The summed E-state index contributed by atoms with van der Waals surface area (Å²) in [5, 5.41) is 26.2. The predicted molar refractivity (Wildman–Crippen MR) is 122 cm³/mol. The Balaban J connectivity index is 2.15. The minimum atomic E-state index is -5.73. The summed E-state index contributed by atoms with van der Waals surface area (Å²) in [6, 6.07) is 6.42. The molecule has 14 heteroatoms. The van der Waals surface area contributed by atoms with Crippen molar-refractivity contribution in [3.05, 3.63) is 29.1 Å². The summed E-state index contributed by atoms with van der Waals surface area (Å²) in [4.78, 5) is 5.92. The van der Waals surface area contributed by atoms with Gasteiger partial charge in [0.1, 0.15) is 17.8 Å². The average Bonchev–Trinajstić information content (AvgIpc) is 2.95. The molecule has 1 aliphatic rings. The number of imidazole rings is 1. The fraction of sp³-hybridized carbons (Fsp3) is 0.476. The van der Waals surface area contributed by atoms with Crippen LogP contribution in [0.15, 0.2) is 22.4 Å². The molecular weight excluding hydrogens is 485 g/mol. The number of azo groups is 1. The molecule has 10 nitrogen and oxygen atoms in total. The lowest BCUT2D eigenvalue weighted by Gasteiger charge is -2.28. The fourth-order valence-electron chi connectivity index (χ4n) is 3.73. The van der Waals surface area contributed by atoms with Crippen molar-refractivity contribution in [1.29, 1.82) is 10.5 Å². The summed E-state index contributed by atoms with van der Waals surface area (Å²) in [6.07, 6.45) is 2.32. The highest BCUT2D eigenvalue weighted by atomic mass is 32.2. The molecule has 0 fully saturated rings. The SMILES string of the molecule is CC(C)CN1CCCCc2cc(N=Nc3nc(C#N)c(C#N)n3C)c(NS(=O)(=O)C(F)(F)F)cc21. The van der Waals surface area contributed by atoms with Crippen LogP contribution in [0.25, 0.3) is 0 Å². The number of hydrogen-bond donors (Lipinski definition) is 1. The van der Waals surface area contributed by atoms with Gasteiger partial charge in [0, 0.05) is 25.8 Å². The second kappa shape index (κ2) is 9.92. The highest BCUT2D eigenvalue weighted by Crippen LogP contribution is 2.39. The van der Waals surface area contributed by atoms with Crippen LogP contribution in [0.4, 0.5) is 36.2 Å². The molecule has 186 valence electrons. The van der Waals surface area contributed by atoms with Crippen LogP contribution in [0.2, 0.25) is 0 Å². The fourth-order valence-corrected chi connectivity index (χ4v) is 4.30. The number of hydrogen-bond acceptors (Lipinski definition) is 8. The number of nitriles is 2. The molecule has 0 radical (unpaired) electrons. The van der Waals surface area contributed by atoms with Crippen LogP contribution >= 0.6 is 0 Å². The Hall–Kier alpha value is -3.65. The van der Waals surface area contributed by atoms with Gasteiger partial charge in [-0.2, -0.15) is 37.1 Å². The molecule has 0 unspecified atom stereocenters. The molecule has 35 heavy (non-hydrogen) atoms. The number of aromatic nitrogens is 2. The third kappa shape index (κ3) is 5.54. The first-order valence-electron chi connectivity index (χ1n) is 10.7. The van der Waals surface area contributed by atoms with Gasteiger partial charge >= 0.3 is 15.5 Å². The van der Waals surface area contributed by atoms with E-state index in [9.17, 15) is 26.9 Å². The highest BCUT2D eigenvalue weighted by Gasteiger charge is 2.46. The molecule has 0 spiro atoms. The number of rotatable bonds is 6. The topological polar surface area (TPSA) is 140 Å². The normalized spacial score (nSPS) is 14.5. The zero-order valence-electron chi connectivity index (χ0n) is 19.3. The third-order valence-electron chi connectivity index (χ3n) is 5.33. The van der Waals surface area contributed by atoms with Crippen LogP contribution in [-0.4, -0.2) is 36.6 Å². The molecule has 0 saturated heterocycles. The monoisotopic (exact) mass is 508 g/mol. The van der Waals surface area contributed by atoms with Crippen LogP contribution in [0.1, 0.15) is 43.6 Å². The maximum absolute atomic E-state index is 13.1. The van der Waals surface area contributed by atoms with E-state index in [1.165, 1.54) is 23.7 Å². The number of halogens is 3. The van der Waals surface area contributed by atoms with Crippen molar-refractivity contribution in [2.45, 2.75) is 38.6 Å². The van der Waals surface area contributed by atoms with Gasteiger partial charge in [-0.25, -0.2) is 0 Å². The third-order valence-corrected chi connectivity index (χ3v) is 6.42. The van der Waals surface area contributed by atoms with Gasteiger partial charge in [-0.3, -0.25) is 4.72 Å². The molecule has 0 atom stereocenters. The Morgan fingerprint density at radius 3 is 2.49 bits per heavy atom. The van der Waals surface area contributed by atoms with Gasteiger partial charge < -0.3 is 9.47 Å². The minimum Gasteiger partial charge on any atom is -0.371 e. The van der Waals surface area contributed by atoms with Gasteiger partial charge in [-0.15, -0.1) is 10.2 Å². The van der Waals surface area contributed by atoms with Crippen LogP contribution in [0.5, 0.6) is 0 Å². The maximum Gasteiger partial charge on any atom is 0.516 e. The molecule has 1 N–H and O–H groups in total. The Labute approximate surface area is 200 Å². The van der Waals surface area contributed by atoms with E-state index in [2.05, 4.69) is 15.2 Å². The lowest BCUT2D eigenvalue weighted by atomic mass is 10.1. The summed E-state index contributed by atoms with van der Waals surface area (Å²) in [5.41, 5.74) is -4.90. The van der Waals surface area contributed by atoms with Gasteiger partial charge in [0.25, 0.3) is 5.95 Å². The van der Waals surface area contributed by atoms with E-state index in [0.717, 1.165) is 18.4 Å². The molecule has 0 aliphatic carbocycles. The van der Waals surface area contributed by atoms with Crippen molar-refractivity contribution in [3.63, 3.8) is 0 Å². The minimum absolute atomic E-state index is 0.0642. The van der Waals surface area contributed by atoms with Crippen molar-refractivity contribution in [2.24, 2.45) is 23.2 Å². The van der Waals surface area contributed by atoms with Crippen molar-refractivity contribution < 1.29 is 21.6 Å². The first-order chi connectivity index (χ1) is 16.4. The predicted octanol–water partition coefficient (Wildman–Crippen LogP) is 4.64. The molecule has 2 heterocycles. The first kappa shape index (κ1) is 26.0. The van der Waals surface area contributed by atoms with Crippen molar-refractivity contribution >= 4 is 33.0 Å². The van der Waals surface area contributed by atoms with E-state index in [1.54, 1.807) is 10.8 Å². The lowest BCUT2D eigenvalue weighted by molar-refractivity contribution is -0.0429. The second-order valence-corrected chi connectivity index (χ2v) is 10.1. The van der Waals surface area contributed by atoms with Crippen LogP contribution in [0.3, 0.4) is 0 Å². The molecule has 0 bridgehead atoms. The Bertz CT molecular complexity index is 1330. The molecule has 1 aromatic heterocycles. The average molecular weight is 509 g/mol. The van der Waals surface area contributed by atoms with Gasteiger partial charge in [-0.1, -0.05) is 13.8 Å². The maximum atomic E-state index is 13.1. The summed E-state index contributed by atoms with van der Waals surface area (Å²) < 4.78 is 66.1. The number of aryl methyl sites for hydroxylation is 1. The van der Waals surface area contributed by atoms with Crippen LogP contribution in [0, 0.1) is 28.6 Å². The standard InChI is InChI=1S/C21H23F3N8O2S/c1-13(2)12-32-7-5-4-6-14-8-15(16(9-18(14)32)30-35(33,34)21(22,23)24)28-29-20-27-17(10-25)19(11-26)31(20)3/h8-9,13,30H,4-7,12H2,1-3H3. The zero-order valence-corrected chi connectivity index (χ0v) is 20.1. The number of nitrogens with zero attached hydrogens (tertiary/aromatic N) is 7.